The van der Waals surface area contributed by atoms with Gasteiger partial charge in [-0.2, -0.15) is 0 Å². The average molecular weight is 420 g/mol. The first-order valence-corrected chi connectivity index (χ1v) is 9.88. The first-order chi connectivity index (χ1) is 13.8. The number of carboxylic acid groups (broad SMARTS) is 1. The normalized spacial score (nSPS) is 16.6. The van der Waals surface area contributed by atoms with Crippen LogP contribution >= 0.6 is 11.6 Å². The maximum Gasteiger partial charge on any atom is 0.336 e. The summed E-state index contributed by atoms with van der Waals surface area (Å²) in [5.41, 5.74) is -0.706. The fraction of sp³-hybridized carbons (Fsp3) is 0.364. The molecule has 1 aliphatic rings. The number of carboxylic acids is 1. The van der Waals surface area contributed by atoms with Crippen LogP contribution in [-0.4, -0.2) is 47.0 Å². The molecule has 0 spiro atoms. The number of hydrogen-bond acceptors (Lipinski definition) is 4. The molecule has 0 bridgehead atoms. The molecule has 5 nitrogen and oxygen atoms in total. The summed E-state index contributed by atoms with van der Waals surface area (Å²) in [6.45, 7) is 1.76. The van der Waals surface area contributed by atoms with Crippen molar-refractivity contribution in [2.45, 2.75) is 25.4 Å². The summed E-state index contributed by atoms with van der Waals surface area (Å²) in [6.07, 6.45) is 0.714. The molecule has 7 heteroatoms. The summed E-state index contributed by atoms with van der Waals surface area (Å²) in [7, 11) is 2.02. The molecule has 1 atom stereocenters. The van der Waals surface area contributed by atoms with Crippen molar-refractivity contribution in [2.24, 2.45) is 5.92 Å². The second-order valence-corrected chi connectivity index (χ2v) is 7.96. The van der Waals surface area contributed by atoms with Gasteiger partial charge in [-0.05, 0) is 81.7 Å². The monoisotopic (exact) mass is 419 g/mol. The van der Waals surface area contributed by atoms with Crippen LogP contribution in [0.4, 0.5) is 4.39 Å². The van der Waals surface area contributed by atoms with Gasteiger partial charge in [0.25, 0.3) is 0 Å². The number of piperidine rings is 1. The molecule has 1 heterocycles. The maximum atomic E-state index is 14.8. The number of carbonyl (C=O) groups excluding carboxylic acids is 1. The van der Waals surface area contributed by atoms with E-state index in [2.05, 4.69) is 4.90 Å². The van der Waals surface area contributed by atoms with Crippen molar-refractivity contribution in [3.63, 3.8) is 0 Å². The summed E-state index contributed by atoms with van der Waals surface area (Å²) in [5.74, 6) is -2.62. The highest BCUT2D eigenvalue weighted by Gasteiger charge is 2.30. The molecule has 29 heavy (non-hydrogen) atoms. The second-order valence-electron chi connectivity index (χ2n) is 7.52. The number of nitrogens with zero attached hydrogens (tertiary/aromatic N) is 1. The molecule has 1 fully saturated rings. The number of benzene rings is 2. The Hall–Kier alpha value is -2.28. The fourth-order valence-electron chi connectivity index (χ4n) is 3.82. The van der Waals surface area contributed by atoms with Crippen LogP contribution in [0.5, 0.6) is 0 Å². The predicted octanol–water partition coefficient (Wildman–Crippen LogP) is 4.17. The van der Waals surface area contributed by atoms with E-state index in [9.17, 15) is 24.2 Å². The highest BCUT2D eigenvalue weighted by atomic mass is 35.5. The first-order valence-electron chi connectivity index (χ1n) is 9.50. The van der Waals surface area contributed by atoms with Crippen LogP contribution in [0.3, 0.4) is 0 Å². The molecule has 2 N–H and O–H groups in total. The van der Waals surface area contributed by atoms with Crippen molar-refractivity contribution in [3.05, 3.63) is 69.5 Å². The van der Waals surface area contributed by atoms with E-state index in [-0.39, 0.29) is 34.6 Å². The number of rotatable bonds is 6. The Balaban J connectivity index is 2.01. The molecule has 1 unspecified atom stereocenters. The second kappa shape index (κ2) is 9.03. The van der Waals surface area contributed by atoms with Crippen molar-refractivity contribution >= 4 is 23.4 Å². The number of ketones is 1. The van der Waals surface area contributed by atoms with Gasteiger partial charge in [-0.1, -0.05) is 11.6 Å². The summed E-state index contributed by atoms with van der Waals surface area (Å²) in [6, 6.07) is 7.97. The maximum absolute atomic E-state index is 14.8. The molecular formula is C22H23ClFNO4. The minimum atomic E-state index is -1.35. The van der Waals surface area contributed by atoms with Crippen LogP contribution in [0, 0.1) is 11.7 Å². The van der Waals surface area contributed by atoms with Crippen molar-refractivity contribution < 1.29 is 24.2 Å². The Labute approximate surface area is 173 Å². The van der Waals surface area contributed by atoms with Crippen LogP contribution in [0.2, 0.25) is 5.02 Å². The molecule has 2 aromatic rings. The third kappa shape index (κ3) is 4.83. The van der Waals surface area contributed by atoms with Crippen LogP contribution in [0.15, 0.2) is 36.4 Å². The van der Waals surface area contributed by atoms with Gasteiger partial charge in [0.1, 0.15) is 5.82 Å². The molecule has 0 aromatic heterocycles. The number of aromatic carboxylic acids is 1. The Bertz CT molecular complexity index is 908. The molecule has 0 amide bonds. The van der Waals surface area contributed by atoms with E-state index in [1.54, 1.807) is 0 Å². The minimum Gasteiger partial charge on any atom is -0.478 e. The number of halogens is 2. The molecule has 1 saturated heterocycles. The zero-order valence-electron chi connectivity index (χ0n) is 16.1. The van der Waals surface area contributed by atoms with E-state index in [1.807, 2.05) is 7.05 Å². The summed E-state index contributed by atoms with van der Waals surface area (Å²) < 4.78 is 14.8. The zero-order chi connectivity index (χ0) is 21.1. The van der Waals surface area contributed by atoms with Gasteiger partial charge >= 0.3 is 5.97 Å². The third-order valence-corrected chi connectivity index (χ3v) is 5.74. The highest BCUT2D eigenvalue weighted by Crippen LogP contribution is 2.34. The number of carbonyl (C=O) groups is 2. The van der Waals surface area contributed by atoms with Gasteiger partial charge in [-0.15, -0.1) is 0 Å². The lowest BCUT2D eigenvalue weighted by atomic mass is 9.85. The number of aliphatic hydroxyl groups is 1. The molecular weight excluding hydrogens is 397 g/mol. The van der Waals surface area contributed by atoms with Crippen LogP contribution in [0.1, 0.15) is 57.2 Å². The average Bonchev–Trinajstić information content (AvgIpc) is 2.69. The number of likely N-dealkylation sites (tertiary alicyclic amines) is 1. The Morgan fingerprint density at radius 2 is 1.79 bits per heavy atom. The van der Waals surface area contributed by atoms with E-state index >= 15 is 0 Å². The largest absolute Gasteiger partial charge is 0.478 e. The Morgan fingerprint density at radius 3 is 2.38 bits per heavy atom. The molecule has 3 rings (SSSR count). The molecule has 2 aromatic carbocycles. The fourth-order valence-corrected chi connectivity index (χ4v) is 3.95. The topological polar surface area (TPSA) is 77.8 Å². The summed E-state index contributed by atoms with van der Waals surface area (Å²) in [5, 5.41) is 20.8. The lowest BCUT2D eigenvalue weighted by Gasteiger charge is -2.30. The minimum absolute atomic E-state index is 0.174. The van der Waals surface area contributed by atoms with Gasteiger partial charge in [-0.25, -0.2) is 9.18 Å². The Morgan fingerprint density at radius 1 is 1.17 bits per heavy atom. The van der Waals surface area contributed by atoms with E-state index in [0.717, 1.165) is 38.1 Å². The van der Waals surface area contributed by atoms with Crippen molar-refractivity contribution in [1.82, 2.24) is 4.90 Å². The van der Waals surface area contributed by atoms with Gasteiger partial charge in [0.05, 0.1) is 11.7 Å². The van der Waals surface area contributed by atoms with Gasteiger partial charge in [0, 0.05) is 21.7 Å². The van der Waals surface area contributed by atoms with E-state index in [1.165, 1.54) is 24.3 Å². The summed E-state index contributed by atoms with van der Waals surface area (Å²) in [4.78, 5) is 27.0. The lowest BCUT2D eigenvalue weighted by Crippen LogP contribution is -2.31. The lowest BCUT2D eigenvalue weighted by molar-refractivity contribution is 0.0691. The van der Waals surface area contributed by atoms with E-state index < -0.39 is 23.7 Å². The molecule has 0 aliphatic carbocycles. The van der Waals surface area contributed by atoms with Crippen molar-refractivity contribution in [3.8, 4) is 0 Å². The molecule has 0 saturated carbocycles. The standard InChI is InChI=1S/C22H23ClFNO4/c1-25-10-8-13(9-11-25)12-18(26)20-17(24)7-6-16(22(28)29)19(20)21(27)14-2-4-15(23)5-3-14/h2-7,13,18,26H,8-12H2,1H3,(H,28,29). The van der Waals surface area contributed by atoms with Gasteiger partial charge in [0.15, 0.2) is 5.78 Å². The number of hydrogen-bond donors (Lipinski definition) is 2. The SMILES string of the molecule is CN1CCC(CC(O)c2c(F)ccc(C(=O)O)c2C(=O)c2ccc(Cl)cc2)CC1. The van der Waals surface area contributed by atoms with Crippen molar-refractivity contribution in [2.75, 3.05) is 20.1 Å². The van der Waals surface area contributed by atoms with Crippen LogP contribution in [-0.2, 0) is 0 Å². The molecule has 1 aliphatic heterocycles. The van der Waals surface area contributed by atoms with E-state index in [4.69, 9.17) is 11.6 Å². The van der Waals surface area contributed by atoms with Crippen LogP contribution < -0.4 is 0 Å². The van der Waals surface area contributed by atoms with Gasteiger partial charge < -0.3 is 15.1 Å². The Kier molecular flexibility index (Phi) is 6.67. The molecule has 154 valence electrons. The zero-order valence-corrected chi connectivity index (χ0v) is 16.8. The first kappa shape index (κ1) is 21.4. The highest BCUT2D eigenvalue weighted by molar-refractivity contribution is 6.30. The van der Waals surface area contributed by atoms with Crippen molar-refractivity contribution in [1.29, 1.82) is 0 Å². The van der Waals surface area contributed by atoms with Gasteiger partial charge in [0.2, 0.25) is 0 Å². The molecule has 0 radical (unpaired) electrons. The predicted molar refractivity (Wildman–Crippen MR) is 108 cm³/mol. The third-order valence-electron chi connectivity index (χ3n) is 5.48. The summed E-state index contributed by atoms with van der Waals surface area (Å²) >= 11 is 5.86. The van der Waals surface area contributed by atoms with Crippen LogP contribution in [0.25, 0.3) is 0 Å². The quantitative estimate of drug-likeness (QED) is 0.687. The van der Waals surface area contributed by atoms with Gasteiger partial charge in [-0.3, -0.25) is 4.79 Å². The van der Waals surface area contributed by atoms with E-state index in [0.29, 0.717) is 5.02 Å². The smallest absolute Gasteiger partial charge is 0.336 e. The number of aliphatic hydroxyl groups excluding tert-OH is 1.